The molecule has 0 aliphatic heterocycles. The van der Waals surface area contributed by atoms with E-state index in [0.29, 0.717) is 12.1 Å². The SMILES string of the molecule is Cn1c(=O)oc2ccc(C(C)(N)CN)cc21. The third kappa shape index (κ3) is 1.54. The highest BCUT2D eigenvalue weighted by Gasteiger charge is 2.20. The number of nitrogens with zero attached hydrogens (tertiary/aromatic N) is 1. The zero-order valence-corrected chi connectivity index (χ0v) is 9.36. The summed E-state index contributed by atoms with van der Waals surface area (Å²) in [5, 5.41) is 0. The summed E-state index contributed by atoms with van der Waals surface area (Å²) in [4.78, 5) is 11.3. The molecule has 0 fully saturated rings. The molecule has 5 nitrogen and oxygen atoms in total. The first-order chi connectivity index (χ1) is 7.45. The monoisotopic (exact) mass is 221 g/mol. The Hall–Kier alpha value is -1.59. The fraction of sp³-hybridized carbons (Fsp3) is 0.364. The maximum atomic E-state index is 11.3. The molecule has 86 valence electrons. The first kappa shape index (κ1) is 10.9. The second-order valence-corrected chi connectivity index (χ2v) is 4.23. The third-order valence-electron chi connectivity index (χ3n) is 2.87. The second kappa shape index (κ2) is 3.47. The first-order valence-corrected chi connectivity index (χ1v) is 5.05. The van der Waals surface area contributed by atoms with Crippen molar-refractivity contribution in [1.29, 1.82) is 0 Å². The quantitative estimate of drug-likeness (QED) is 0.761. The number of hydrogen-bond acceptors (Lipinski definition) is 4. The maximum absolute atomic E-state index is 11.3. The van der Waals surface area contributed by atoms with Gasteiger partial charge in [0.1, 0.15) is 0 Å². The predicted molar refractivity (Wildman–Crippen MR) is 62.0 cm³/mol. The molecule has 1 aromatic heterocycles. The van der Waals surface area contributed by atoms with Gasteiger partial charge in [0.05, 0.1) is 11.1 Å². The fourth-order valence-electron chi connectivity index (χ4n) is 1.60. The molecule has 0 saturated carbocycles. The standard InChI is InChI=1S/C11H15N3O2/c1-11(13,6-12)7-3-4-9-8(5-7)14(2)10(15)16-9/h3-5H,6,12-13H2,1-2H3. The molecule has 0 aliphatic carbocycles. The Morgan fingerprint density at radius 2 is 2.19 bits per heavy atom. The van der Waals surface area contributed by atoms with E-state index in [4.69, 9.17) is 15.9 Å². The lowest BCUT2D eigenvalue weighted by molar-refractivity contribution is 0.508. The van der Waals surface area contributed by atoms with Crippen molar-refractivity contribution in [2.24, 2.45) is 18.5 Å². The van der Waals surface area contributed by atoms with Gasteiger partial charge in [0.15, 0.2) is 5.58 Å². The summed E-state index contributed by atoms with van der Waals surface area (Å²) >= 11 is 0. The molecule has 16 heavy (non-hydrogen) atoms. The predicted octanol–water partition coefficient (Wildman–Crippen LogP) is 0.264. The molecule has 5 heteroatoms. The van der Waals surface area contributed by atoms with Crippen LogP contribution in [-0.2, 0) is 12.6 Å². The van der Waals surface area contributed by atoms with Crippen LogP contribution in [0.1, 0.15) is 12.5 Å². The summed E-state index contributed by atoms with van der Waals surface area (Å²) in [7, 11) is 1.66. The lowest BCUT2D eigenvalue weighted by Gasteiger charge is -2.22. The Bertz CT molecular complexity index is 580. The van der Waals surface area contributed by atoms with Gasteiger partial charge in [-0.05, 0) is 24.6 Å². The van der Waals surface area contributed by atoms with Gasteiger partial charge in [-0.2, -0.15) is 0 Å². The molecule has 4 N–H and O–H groups in total. The van der Waals surface area contributed by atoms with Crippen LogP contribution < -0.4 is 17.2 Å². The van der Waals surface area contributed by atoms with Gasteiger partial charge >= 0.3 is 5.76 Å². The molecule has 0 spiro atoms. The van der Waals surface area contributed by atoms with Crippen molar-refractivity contribution in [3.63, 3.8) is 0 Å². The molecule has 2 aromatic rings. The van der Waals surface area contributed by atoms with Gasteiger partial charge in [-0.15, -0.1) is 0 Å². The normalized spacial score (nSPS) is 15.2. The fourth-order valence-corrected chi connectivity index (χ4v) is 1.60. The number of rotatable bonds is 2. The Morgan fingerprint density at radius 3 is 2.81 bits per heavy atom. The molecule has 1 unspecified atom stereocenters. The Balaban J connectivity index is 2.68. The molecular weight excluding hydrogens is 206 g/mol. The highest BCUT2D eigenvalue weighted by Crippen LogP contribution is 2.21. The maximum Gasteiger partial charge on any atom is 0.419 e. The van der Waals surface area contributed by atoms with Gasteiger partial charge in [0.25, 0.3) is 0 Å². The van der Waals surface area contributed by atoms with Crippen molar-refractivity contribution in [2.75, 3.05) is 6.54 Å². The van der Waals surface area contributed by atoms with E-state index in [9.17, 15) is 4.79 Å². The van der Waals surface area contributed by atoms with Crippen LogP contribution in [0.5, 0.6) is 0 Å². The summed E-state index contributed by atoms with van der Waals surface area (Å²) in [5.74, 6) is -0.376. The van der Waals surface area contributed by atoms with Gasteiger partial charge in [0.2, 0.25) is 0 Å². The topological polar surface area (TPSA) is 87.2 Å². The van der Waals surface area contributed by atoms with Crippen LogP contribution in [0.15, 0.2) is 27.4 Å². The summed E-state index contributed by atoms with van der Waals surface area (Å²) in [6, 6.07) is 5.41. The zero-order valence-electron chi connectivity index (χ0n) is 9.36. The van der Waals surface area contributed by atoms with Gasteiger partial charge in [-0.1, -0.05) is 6.07 Å². The van der Waals surface area contributed by atoms with Crippen LogP contribution in [0.25, 0.3) is 11.1 Å². The Kier molecular flexibility index (Phi) is 2.36. The van der Waals surface area contributed by atoms with E-state index < -0.39 is 5.54 Å². The van der Waals surface area contributed by atoms with Gasteiger partial charge in [-0.3, -0.25) is 4.57 Å². The van der Waals surface area contributed by atoms with Gasteiger partial charge in [0, 0.05) is 13.6 Å². The molecule has 0 bridgehead atoms. The van der Waals surface area contributed by atoms with E-state index >= 15 is 0 Å². The molecule has 2 rings (SSSR count). The van der Waals surface area contributed by atoms with Crippen molar-refractivity contribution in [3.05, 3.63) is 34.3 Å². The van der Waals surface area contributed by atoms with E-state index in [-0.39, 0.29) is 5.76 Å². The highest BCUT2D eigenvalue weighted by atomic mass is 16.4. The van der Waals surface area contributed by atoms with E-state index in [1.165, 1.54) is 4.57 Å². The number of aryl methyl sites for hydroxylation is 1. The zero-order chi connectivity index (χ0) is 11.9. The molecule has 1 heterocycles. The number of benzene rings is 1. The van der Waals surface area contributed by atoms with Crippen molar-refractivity contribution in [2.45, 2.75) is 12.5 Å². The van der Waals surface area contributed by atoms with E-state index in [1.54, 1.807) is 13.1 Å². The largest absolute Gasteiger partial charge is 0.419 e. The molecule has 0 amide bonds. The van der Waals surface area contributed by atoms with Crippen LogP contribution in [0.3, 0.4) is 0 Å². The minimum absolute atomic E-state index is 0.338. The van der Waals surface area contributed by atoms with E-state index in [0.717, 1.165) is 11.1 Å². The van der Waals surface area contributed by atoms with Crippen LogP contribution in [-0.4, -0.2) is 11.1 Å². The van der Waals surface area contributed by atoms with Crippen molar-refractivity contribution >= 4 is 11.1 Å². The van der Waals surface area contributed by atoms with Crippen LogP contribution in [0.4, 0.5) is 0 Å². The van der Waals surface area contributed by atoms with Crippen LogP contribution in [0.2, 0.25) is 0 Å². The van der Waals surface area contributed by atoms with Crippen LogP contribution >= 0.6 is 0 Å². The lowest BCUT2D eigenvalue weighted by atomic mass is 9.93. The molecule has 0 saturated heterocycles. The molecule has 1 aromatic carbocycles. The molecule has 0 radical (unpaired) electrons. The highest BCUT2D eigenvalue weighted by molar-refractivity contribution is 5.74. The van der Waals surface area contributed by atoms with E-state index in [1.807, 2.05) is 19.1 Å². The Morgan fingerprint density at radius 1 is 1.50 bits per heavy atom. The van der Waals surface area contributed by atoms with Crippen LogP contribution in [0, 0.1) is 0 Å². The number of hydrogen-bond donors (Lipinski definition) is 2. The molecule has 0 aliphatic rings. The summed E-state index contributed by atoms with van der Waals surface area (Å²) in [5.41, 5.74) is 13.2. The average molecular weight is 221 g/mol. The third-order valence-corrected chi connectivity index (χ3v) is 2.87. The number of aromatic nitrogens is 1. The second-order valence-electron chi connectivity index (χ2n) is 4.23. The number of fused-ring (bicyclic) bond motifs is 1. The van der Waals surface area contributed by atoms with Crippen molar-refractivity contribution in [1.82, 2.24) is 4.57 Å². The summed E-state index contributed by atoms with van der Waals surface area (Å²) < 4.78 is 6.49. The summed E-state index contributed by atoms with van der Waals surface area (Å²) in [6.07, 6.45) is 0. The first-order valence-electron chi connectivity index (χ1n) is 5.05. The lowest BCUT2D eigenvalue weighted by Crippen LogP contribution is -2.40. The Labute approximate surface area is 92.6 Å². The molecule has 1 atom stereocenters. The molecular formula is C11H15N3O2. The minimum Gasteiger partial charge on any atom is -0.408 e. The number of oxazole rings is 1. The van der Waals surface area contributed by atoms with E-state index in [2.05, 4.69) is 0 Å². The minimum atomic E-state index is -0.596. The number of nitrogens with two attached hydrogens (primary N) is 2. The van der Waals surface area contributed by atoms with Crippen molar-refractivity contribution < 1.29 is 4.42 Å². The van der Waals surface area contributed by atoms with Gasteiger partial charge in [-0.25, -0.2) is 4.79 Å². The average Bonchev–Trinajstić information content (AvgIpc) is 2.55. The van der Waals surface area contributed by atoms with Gasteiger partial charge < -0.3 is 15.9 Å². The van der Waals surface area contributed by atoms with Crippen molar-refractivity contribution in [3.8, 4) is 0 Å². The smallest absolute Gasteiger partial charge is 0.408 e. The summed E-state index contributed by atoms with van der Waals surface area (Å²) in [6.45, 7) is 2.19.